The van der Waals surface area contributed by atoms with Gasteiger partial charge in [0, 0.05) is 18.0 Å². The molecule has 0 saturated carbocycles. The van der Waals surface area contributed by atoms with E-state index in [1.165, 1.54) is 25.4 Å². The first-order chi connectivity index (χ1) is 14.5. The van der Waals surface area contributed by atoms with E-state index in [1.54, 1.807) is 18.2 Å². The molecular weight excluding hydrogens is 435 g/mol. The van der Waals surface area contributed by atoms with Crippen LogP contribution in [0.1, 0.15) is 23.1 Å². The fourth-order valence-electron chi connectivity index (χ4n) is 3.25. The minimum atomic E-state index is -4.46. The van der Waals surface area contributed by atoms with Gasteiger partial charge in [0.1, 0.15) is 5.75 Å². The van der Waals surface area contributed by atoms with Crippen molar-refractivity contribution in [2.45, 2.75) is 25.4 Å². The average molecular weight is 455 g/mol. The first kappa shape index (κ1) is 22.7. The van der Waals surface area contributed by atoms with Crippen LogP contribution in [0.25, 0.3) is 10.9 Å². The van der Waals surface area contributed by atoms with E-state index in [9.17, 15) is 26.4 Å². The van der Waals surface area contributed by atoms with Crippen LogP contribution in [-0.2, 0) is 33.8 Å². The molecule has 0 amide bonds. The molecular formula is C21H20F3NO5S. The van der Waals surface area contributed by atoms with Gasteiger partial charge in [-0.15, -0.1) is 0 Å². The van der Waals surface area contributed by atoms with Crippen molar-refractivity contribution in [3.63, 3.8) is 0 Å². The van der Waals surface area contributed by atoms with Gasteiger partial charge >= 0.3 is 12.1 Å². The van der Waals surface area contributed by atoms with Crippen LogP contribution >= 0.6 is 0 Å². The first-order valence-electron chi connectivity index (χ1n) is 9.30. The van der Waals surface area contributed by atoms with E-state index in [2.05, 4.69) is 0 Å². The third-order valence-corrected chi connectivity index (χ3v) is 6.52. The number of halogens is 3. The van der Waals surface area contributed by atoms with Crippen LogP contribution in [0, 0.1) is 0 Å². The number of carboxylic acids is 1. The number of aliphatic carboxylic acids is 1. The van der Waals surface area contributed by atoms with E-state index in [0.29, 0.717) is 27.8 Å². The summed E-state index contributed by atoms with van der Waals surface area (Å²) in [5, 5.41) is 9.54. The molecule has 6 nitrogen and oxygen atoms in total. The van der Waals surface area contributed by atoms with Gasteiger partial charge in [-0.05, 0) is 54.3 Å². The number of methoxy groups -OCH3 is 1. The Morgan fingerprint density at radius 2 is 1.77 bits per heavy atom. The van der Waals surface area contributed by atoms with Crippen LogP contribution in [0.15, 0.2) is 48.7 Å². The summed E-state index contributed by atoms with van der Waals surface area (Å²) in [6.45, 7) is 0. The van der Waals surface area contributed by atoms with E-state index in [-0.39, 0.29) is 25.0 Å². The number of nitrogens with zero attached hydrogens (tertiary/aromatic N) is 1. The highest BCUT2D eigenvalue weighted by molar-refractivity contribution is 7.90. The molecule has 0 atom stereocenters. The highest BCUT2D eigenvalue weighted by Gasteiger charge is 2.30. The highest BCUT2D eigenvalue weighted by Crippen LogP contribution is 2.30. The lowest BCUT2D eigenvalue weighted by atomic mass is 10.1. The summed E-state index contributed by atoms with van der Waals surface area (Å²) in [7, 11) is -2.39. The van der Waals surface area contributed by atoms with Crippen molar-refractivity contribution in [2.75, 3.05) is 12.9 Å². The van der Waals surface area contributed by atoms with Crippen molar-refractivity contribution in [2.24, 2.45) is 0 Å². The van der Waals surface area contributed by atoms with Crippen LogP contribution in [0.3, 0.4) is 0 Å². The lowest BCUT2D eigenvalue weighted by Gasteiger charge is -2.10. The standard InChI is InChI=1S/C21H20F3NO5S/c1-30-17-7-8-19-18(12-17)15(4-9-20(26)27)13-25(19)31(28,29)11-10-14-2-5-16(6-3-14)21(22,23)24/h2-3,5-8,12-13H,4,9-11H2,1H3,(H,26,27). The number of ether oxygens (including phenoxy) is 1. The third-order valence-electron chi connectivity index (χ3n) is 4.90. The summed E-state index contributed by atoms with van der Waals surface area (Å²) in [5.74, 6) is -0.829. The Hall–Kier alpha value is -3.01. The molecule has 1 N–H and O–H groups in total. The fraction of sp³-hybridized carbons (Fsp3) is 0.286. The number of carbonyl (C=O) groups is 1. The zero-order valence-electron chi connectivity index (χ0n) is 16.5. The monoisotopic (exact) mass is 455 g/mol. The van der Waals surface area contributed by atoms with Gasteiger partial charge in [0.2, 0.25) is 10.0 Å². The summed E-state index contributed by atoms with van der Waals surface area (Å²) in [5.41, 5.74) is 0.594. The number of benzene rings is 2. The predicted molar refractivity (Wildman–Crippen MR) is 109 cm³/mol. The molecule has 0 spiro atoms. The number of carboxylic acid groups (broad SMARTS) is 1. The number of hydrogen-bond donors (Lipinski definition) is 1. The molecule has 31 heavy (non-hydrogen) atoms. The van der Waals surface area contributed by atoms with Crippen LogP contribution in [0.4, 0.5) is 13.2 Å². The molecule has 0 aliphatic carbocycles. The number of aromatic nitrogens is 1. The second kappa shape index (κ2) is 8.62. The second-order valence-corrected chi connectivity index (χ2v) is 8.95. The highest BCUT2D eigenvalue weighted by atomic mass is 32.2. The molecule has 1 heterocycles. The number of rotatable bonds is 8. The molecule has 2 aromatic carbocycles. The zero-order chi connectivity index (χ0) is 22.8. The molecule has 0 saturated heterocycles. The van der Waals surface area contributed by atoms with Crippen molar-refractivity contribution >= 4 is 26.9 Å². The Kier molecular flexibility index (Phi) is 6.30. The Morgan fingerprint density at radius 1 is 1.10 bits per heavy atom. The number of fused-ring (bicyclic) bond motifs is 1. The van der Waals surface area contributed by atoms with Crippen molar-refractivity contribution in [3.05, 3.63) is 65.4 Å². The molecule has 10 heteroatoms. The predicted octanol–water partition coefficient (Wildman–Crippen LogP) is 4.11. The van der Waals surface area contributed by atoms with E-state index in [0.717, 1.165) is 16.1 Å². The Balaban J connectivity index is 1.89. The molecule has 0 bridgehead atoms. The van der Waals surface area contributed by atoms with Crippen LogP contribution in [0.5, 0.6) is 5.75 Å². The van der Waals surface area contributed by atoms with Gasteiger partial charge in [-0.1, -0.05) is 12.1 Å². The first-order valence-corrected chi connectivity index (χ1v) is 10.9. The van der Waals surface area contributed by atoms with Gasteiger partial charge in [0.25, 0.3) is 0 Å². The maximum Gasteiger partial charge on any atom is 0.416 e. The fourth-order valence-corrected chi connectivity index (χ4v) is 4.69. The molecule has 3 rings (SSSR count). The van der Waals surface area contributed by atoms with Gasteiger partial charge in [-0.25, -0.2) is 12.4 Å². The number of hydrogen-bond acceptors (Lipinski definition) is 4. The van der Waals surface area contributed by atoms with Crippen LogP contribution in [-0.4, -0.2) is 36.3 Å². The van der Waals surface area contributed by atoms with E-state index in [4.69, 9.17) is 9.84 Å². The normalized spacial score (nSPS) is 12.3. The molecule has 3 aromatic rings. The van der Waals surface area contributed by atoms with Gasteiger partial charge < -0.3 is 9.84 Å². The average Bonchev–Trinajstić information content (AvgIpc) is 3.09. The summed E-state index contributed by atoms with van der Waals surface area (Å²) < 4.78 is 70.3. The summed E-state index contributed by atoms with van der Waals surface area (Å²) in [6, 6.07) is 9.19. The maximum absolute atomic E-state index is 13.0. The quantitative estimate of drug-likeness (QED) is 0.553. The van der Waals surface area contributed by atoms with Crippen LogP contribution < -0.4 is 4.74 Å². The second-order valence-electron chi connectivity index (χ2n) is 6.99. The molecule has 0 aliphatic heterocycles. The molecule has 166 valence electrons. The van der Waals surface area contributed by atoms with Crippen molar-refractivity contribution < 1.29 is 36.2 Å². The largest absolute Gasteiger partial charge is 0.497 e. The van der Waals surface area contributed by atoms with Gasteiger partial charge in [0.05, 0.1) is 23.9 Å². The molecule has 1 aromatic heterocycles. The van der Waals surface area contributed by atoms with Gasteiger partial charge in [-0.2, -0.15) is 13.2 Å². The minimum Gasteiger partial charge on any atom is -0.497 e. The van der Waals surface area contributed by atoms with E-state index >= 15 is 0 Å². The molecule has 0 unspecified atom stereocenters. The Morgan fingerprint density at radius 3 is 2.35 bits per heavy atom. The molecule has 0 fully saturated rings. The summed E-state index contributed by atoms with van der Waals surface area (Å²) in [4.78, 5) is 11.0. The van der Waals surface area contributed by atoms with Crippen molar-refractivity contribution in [1.29, 1.82) is 0 Å². The summed E-state index contributed by atoms with van der Waals surface area (Å²) >= 11 is 0. The smallest absolute Gasteiger partial charge is 0.416 e. The Labute approximate surface area is 176 Å². The van der Waals surface area contributed by atoms with E-state index in [1.807, 2.05) is 0 Å². The van der Waals surface area contributed by atoms with Crippen molar-refractivity contribution in [3.8, 4) is 5.75 Å². The van der Waals surface area contributed by atoms with Gasteiger partial charge in [0.15, 0.2) is 0 Å². The number of alkyl halides is 3. The van der Waals surface area contributed by atoms with Crippen LogP contribution in [0.2, 0.25) is 0 Å². The maximum atomic E-state index is 13.0. The Bertz CT molecular complexity index is 1200. The zero-order valence-corrected chi connectivity index (χ0v) is 17.3. The molecule has 0 radical (unpaired) electrons. The molecule has 0 aliphatic rings. The van der Waals surface area contributed by atoms with E-state index < -0.39 is 27.7 Å². The lowest BCUT2D eigenvalue weighted by Crippen LogP contribution is -2.17. The summed E-state index contributed by atoms with van der Waals surface area (Å²) in [6.07, 6.45) is -3.06. The topological polar surface area (TPSA) is 85.6 Å². The van der Waals surface area contributed by atoms with Crippen molar-refractivity contribution in [1.82, 2.24) is 3.97 Å². The lowest BCUT2D eigenvalue weighted by molar-refractivity contribution is -0.138. The van der Waals surface area contributed by atoms with Gasteiger partial charge in [-0.3, -0.25) is 4.79 Å². The SMILES string of the molecule is COc1ccc2c(c1)c(CCC(=O)O)cn2S(=O)(=O)CCc1ccc(C(F)(F)F)cc1. The third kappa shape index (κ3) is 5.19. The minimum absolute atomic E-state index is 0.0285. The number of aryl methyl sites for hydroxylation is 2.